The second-order valence-electron chi connectivity index (χ2n) is 11.5. The second-order valence-corrected chi connectivity index (χ2v) is 15.8. The average molecular weight is 556 g/mol. The highest BCUT2D eigenvalue weighted by atomic mass is 28.4. The molecule has 0 aliphatic carbocycles. The molecule has 3 atom stereocenters. The Morgan fingerprint density at radius 3 is 2.00 bits per heavy atom. The Labute approximate surface area is 237 Å². The molecule has 208 valence electrons. The van der Waals surface area contributed by atoms with Gasteiger partial charge in [-0.3, -0.25) is 4.90 Å². The van der Waals surface area contributed by atoms with Crippen LogP contribution < -0.4 is 10.4 Å². The number of carbonyl (C=O) groups excluding carboxylic acids is 2. The fourth-order valence-corrected chi connectivity index (χ4v) is 10.7. The number of carbonyl (C=O) groups is 2. The number of nitrogens with zero attached hydrogens (tertiary/aromatic N) is 1. The average Bonchev–Trinajstić information content (AvgIpc) is 3.59. The van der Waals surface area contributed by atoms with Gasteiger partial charge in [-0.2, -0.15) is 0 Å². The Balaban J connectivity index is 1.44. The van der Waals surface area contributed by atoms with Gasteiger partial charge in [-0.05, 0) is 39.9 Å². The van der Waals surface area contributed by atoms with E-state index in [9.17, 15) is 9.59 Å². The van der Waals surface area contributed by atoms with Crippen molar-refractivity contribution in [1.82, 2.24) is 4.90 Å². The molecule has 6 nitrogen and oxygen atoms in total. The maximum Gasteiger partial charge on any atom is 0.410 e. The lowest BCUT2D eigenvalue weighted by atomic mass is 10.1. The summed E-state index contributed by atoms with van der Waals surface area (Å²) in [6.07, 6.45) is 3.69. The highest BCUT2D eigenvalue weighted by Gasteiger charge is 2.52. The zero-order valence-electron chi connectivity index (χ0n) is 23.4. The van der Waals surface area contributed by atoms with Gasteiger partial charge >= 0.3 is 12.1 Å². The van der Waals surface area contributed by atoms with E-state index in [-0.39, 0.29) is 29.7 Å². The molecule has 0 unspecified atom stereocenters. The Morgan fingerprint density at radius 1 is 0.900 bits per heavy atom. The van der Waals surface area contributed by atoms with E-state index in [0.29, 0.717) is 13.0 Å². The molecule has 1 saturated heterocycles. The number of rotatable bonds is 8. The first kappa shape index (κ1) is 27.9. The summed E-state index contributed by atoms with van der Waals surface area (Å²) in [5.41, 5.74) is 0.916. The SMILES string of the molecule is CC(C)(C)[Si](OC[C@@H]1CC[C@@H]([C@@H]2C=CC(=O)O2)N1C(=O)OCc1ccccc1)(c1ccccc1)c1ccccc1. The number of likely N-dealkylation sites (tertiary alicyclic amines) is 1. The first-order valence-corrected chi connectivity index (χ1v) is 15.8. The van der Waals surface area contributed by atoms with E-state index < -0.39 is 20.5 Å². The molecule has 40 heavy (non-hydrogen) atoms. The molecular formula is C33H37NO5Si. The van der Waals surface area contributed by atoms with Crippen LogP contribution in [0.15, 0.2) is 103 Å². The fraction of sp³-hybridized carbons (Fsp3) is 0.333. The molecule has 0 saturated carbocycles. The molecule has 2 aliphatic rings. The molecule has 0 spiro atoms. The number of benzene rings is 3. The van der Waals surface area contributed by atoms with Crippen LogP contribution in [-0.2, 0) is 25.3 Å². The molecule has 0 radical (unpaired) electrons. The van der Waals surface area contributed by atoms with E-state index in [2.05, 4.69) is 69.3 Å². The molecule has 1 fully saturated rings. The Hall–Kier alpha value is -3.68. The predicted octanol–water partition coefficient (Wildman–Crippen LogP) is 5.21. The summed E-state index contributed by atoms with van der Waals surface area (Å²) in [4.78, 5) is 27.3. The highest BCUT2D eigenvalue weighted by molar-refractivity contribution is 6.99. The molecule has 7 heteroatoms. The van der Waals surface area contributed by atoms with Crippen LogP contribution in [0.4, 0.5) is 4.79 Å². The van der Waals surface area contributed by atoms with E-state index in [1.165, 1.54) is 16.4 Å². The van der Waals surface area contributed by atoms with E-state index in [0.717, 1.165) is 12.0 Å². The van der Waals surface area contributed by atoms with Gasteiger partial charge in [-0.25, -0.2) is 9.59 Å². The maximum absolute atomic E-state index is 13.6. The van der Waals surface area contributed by atoms with Crippen molar-refractivity contribution in [3.8, 4) is 0 Å². The molecule has 3 aromatic carbocycles. The van der Waals surface area contributed by atoms with Gasteiger partial charge in [-0.1, -0.05) is 112 Å². The van der Waals surface area contributed by atoms with Gasteiger partial charge in [0.2, 0.25) is 0 Å². The third-order valence-corrected chi connectivity index (χ3v) is 12.9. The Morgan fingerprint density at radius 2 is 1.48 bits per heavy atom. The molecule has 0 bridgehead atoms. The summed E-state index contributed by atoms with van der Waals surface area (Å²) < 4.78 is 18.5. The molecule has 2 heterocycles. The van der Waals surface area contributed by atoms with Crippen LogP contribution in [0.25, 0.3) is 0 Å². The predicted molar refractivity (Wildman–Crippen MR) is 158 cm³/mol. The summed E-state index contributed by atoms with van der Waals surface area (Å²) in [5, 5.41) is 2.19. The minimum atomic E-state index is -2.79. The minimum absolute atomic E-state index is 0.172. The lowest BCUT2D eigenvalue weighted by Crippen LogP contribution is -2.67. The van der Waals surface area contributed by atoms with Gasteiger partial charge in [-0.15, -0.1) is 0 Å². The maximum atomic E-state index is 13.6. The fourth-order valence-electron chi connectivity index (χ4n) is 6.05. The van der Waals surface area contributed by atoms with Crippen LogP contribution in [0.1, 0.15) is 39.2 Å². The van der Waals surface area contributed by atoms with Gasteiger partial charge in [0.15, 0.2) is 0 Å². The van der Waals surface area contributed by atoms with Crippen molar-refractivity contribution < 1.29 is 23.5 Å². The van der Waals surface area contributed by atoms with Gasteiger partial charge in [0.1, 0.15) is 12.7 Å². The Bertz CT molecular complexity index is 1280. The standard InChI is InChI=1S/C33H37NO5Si/c1-33(2,3)40(27-15-9-5-10-16-27,28-17-11-6-12-18-28)38-24-26-19-20-29(30-21-22-31(35)39-30)34(26)32(36)37-23-25-13-7-4-8-14-25/h4-18,21-22,26,29-30H,19-20,23-24H2,1-3H3/t26-,29-,30-/m0/s1. The first-order valence-electron chi connectivity index (χ1n) is 13.9. The number of cyclic esters (lactones) is 1. The number of hydrogen-bond donors (Lipinski definition) is 0. The molecule has 0 aromatic heterocycles. The van der Waals surface area contributed by atoms with Crippen molar-refractivity contribution >= 4 is 30.8 Å². The number of hydrogen-bond acceptors (Lipinski definition) is 5. The topological polar surface area (TPSA) is 65.1 Å². The summed E-state index contributed by atoms with van der Waals surface area (Å²) in [7, 11) is -2.79. The summed E-state index contributed by atoms with van der Waals surface area (Å²) in [5.74, 6) is -0.380. The first-order chi connectivity index (χ1) is 19.3. The molecule has 2 aliphatic heterocycles. The molecule has 3 aromatic rings. The van der Waals surface area contributed by atoms with E-state index in [1.54, 1.807) is 11.0 Å². The zero-order valence-corrected chi connectivity index (χ0v) is 24.4. The normalized spacial score (nSPS) is 20.9. The third kappa shape index (κ3) is 5.62. The van der Waals surface area contributed by atoms with E-state index in [1.807, 2.05) is 42.5 Å². The summed E-state index contributed by atoms with van der Waals surface area (Å²) >= 11 is 0. The number of ether oxygens (including phenoxy) is 2. The zero-order chi connectivity index (χ0) is 28.2. The smallest absolute Gasteiger partial charge is 0.410 e. The minimum Gasteiger partial charge on any atom is -0.453 e. The molecule has 5 rings (SSSR count). The van der Waals surface area contributed by atoms with Crippen molar-refractivity contribution in [2.45, 2.75) is 63.4 Å². The van der Waals surface area contributed by atoms with Gasteiger partial charge < -0.3 is 13.9 Å². The van der Waals surface area contributed by atoms with Crippen LogP contribution in [0.3, 0.4) is 0 Å². The molecule has 1 amide bonds. The van der Waals surface area contributed by atoms with E-state index in [4.69, 9.17) is 13.9 Å². The van der Waals surface area contributed by atoms with Gasteiger partial charge in [0, 0.05) is 6.08 Å². The lowest BCUT2D eigenvalue weighted by Gasteiger charge is -2.44. The van der Waals surface area contributed by atoms with E-state index >= 15 is 0 Å². The number of esters is 1. The molecular weight excluding hydrogens is 518 g/mol. The lowest BCUT2D eigenvalue weighted by molar-refractivity contribution is -0.140. The van der Waals surface area contributed by atoms with Crippen LogP contribution in [0.2, 0.25) is 5.04 Å². The number of amides is 1. The second kappa shape index (κ2) is 11.8. The van der Waals surface area contributed by atoms with Crippen LogP contribution >= 0.6 is 0 Å². The van der Waals surface area contributed by atoms with Crippen molar-refractivity contribution in [2.75, 3.05) is 6.61 Å². The quantitative estimate of drug-likeness (QED) is 0.282. The van der Waals surface area contributed by atoms with Crippen molar-refractivity contribution in [3.63, 3.8) is 0 Å². The van der Waals surface area contributed by atoms with Gasteiger partial charge in [0.25, 0.3) is 8.32 Å². The van der Waals surface area contributed by atoms with Crippen LogP contribution in [-0.4, -0.2) is 50.1 Å². The van der Waals surface area contributed by atoms with Crippen LogP contribution in [0, 0.1) is 0 Å². The highest BCUT2D eigenvalue weighted by Crippen LogP contribution is 2.38. The summed E-state index contributed by atoms with van der Waals surface area (Å²) in [6, 6.07) is 30.1. The summed E-state index contributed by atoms with van der Waals surface area (Å²) in [6.45, 7) is 7.25. The van der Waals surface area contributed by atoms with Gasteiger partial charge in [0.05, 0.1) is 18.7 Å². The largest absolute Gasteiger partial charge is 0.453 e. The van der Waals surface area contributed by atoms with Crippen molar-refractivity contribution in [3.05, 3.63) is 109 Å². The molecule has 0 N–H and O–H groups in total. The Kier molecular flexibility index (Phi) is 8.24. The van der Waals surface area contributed by atoms with Crippen molar-refractivity contribution in [1.29, 1.82) is 0 Å². The monoisotopic (exact) mass is 555 g/mol. The van der Waals surface area contributed by atoms with Crippen LogP contribution in [0.5, 0.6) is 0 Å². The third-order valence-electron chi connectivity index (χ3n) is 7.92. The van der Waals surface area contributed by atoms with Crippen molar-refractivity contribution in [2.24, 2.45) is 0 Å².